The highest BCUT2D eigenvalue weighted by atomic mass is 16.3. The second kappa shape index (κ2) is 8.34. The third kappa shape index (κ3) is 3.84. The molecule has 0 heterocycles. The van der Waals surface area contributed by atoms with Gasteiger partial charge in [-0.15, -0.1) is 0 Å². The molecule has 0 unspecified atom stereocenters. The molecule has 0 spiro atoms. The molecule has 4 rings (SSSR count). The number of phenolic OH excluding ortho intramolecular Hbond substituents is 2. The summed E-state index contributed by atoms with van der Waals surface area (Å²) in [4.78, 5) is 4.35. The zero-order valence-corrected chi connectivity index (χ0v) is 17.8. The van der Waals surface area contributed by atoms with Crippen LogP contribution in [0.1, 0.15) is 5.56 Å². The molecule has 2 N–H and O–H groups in total. The summed E-state index contributed by atoms with van der Waals surface area (Å²) in [6, 6.07) is 21.7. The largest absolute Gasteiger partial charge is 0.507 e. The summed E-state index contributed by atoms with van der Waals surface area (Å²) in [5.41, 5.74) is 2.23. The van der Waals surface area contributed by atoms with Crippen LogP contribution in [0.4, 0.5) is 0 Å². The summed E-state index contributed by atoms with van der Waals surface area (Å²) in [5.74, 6) is 0.407. The molecule has 4 nitrogen and oxygen atoms in total. The van der Waals surface area contributed by atoms with Crippen molar-refractivity contribution in [2.45, 2.75) is 6.54 Å². The predicted octanol–water partition coefficient (Wildman–Crippen LogP) is 5.06. The Morgan fingerprint density at radius 3 is 2.03 bits per heavy atom. The lowest BCUT2D eigenvalue weighted by Gasteiger charge is -2.22. The second-order valence-electron chi connectivity index (χ2n) is 8.20. The Morgan fingerprint density at radius 2 is 1.33 bits per heavy atom. The number of rotatable bonds is 6. The molecule has 30 heavy (non-hydrogen) atoms. The molecule has 4 heteroatoms. The van der Waals surface area contributed by atoms with Gasteiger partial charge in [-0.2, -0.15) is 0 Å². The molecule has 0 saturated heterocycles. The highest BCUT2D eigenvalue weighted by Crippen LogP contribution is 2.46. The van der Waals surface area contributed by atoms with Crippen molar-refractivity contribution in [1.82, 2.24) is 9.80 Å². The number of nitrogens with zero attached hydrogens (tertiary/aromatic N) is 2. The van der Waals surface area contributed by atoms with Gasteiger partial charge in [0.05, 0.1) is 0 Å². The van der Waals surface area contributed by atoms with E-state index < -0.39 is 0 Å². The van der Waals surface area contributed by atoms with E-state index in [4.69, 9.17) is 0 Å². The molecule has 4 aromatic rings. The van der Waals surface area contributed by atoms with Crippen LogP contribution in [0.5, 0.6) is 11.5 Å². The van der Waals surface area contributed by atoms with E-state index in [-0.39, 0.29) is 11.5 Å². The first-order valence-corrected chi connectivity index (χ1v) is 10.2. The second-order valence-corrected chi connectivity index (χ2v) is 8.20. The van der Waals surface area contributed by atoms with E-state index in [1.807, 2.05) is 48.5 Å². The Hall–Kier alpha value is -3.08. The summed E-state index contributed by atoms with van der Waals surface area (Å²) in [7, 11) is 6.18. The minimum absolute atomic E-state index is 0.173. The van der Waals surface area contributed by atoms with Gasteiger partial charge in [-0.05, 0) is 54.8 Å². The van der Waals surface area contributed by atoms with Crippen LogP contribution in [-0.2, 0) is 6.54 Å². The van der Waals surface area contributed by atoms with E-state index in [9.17, 15) is 10.2 Å². The molecule has 0 saturated carbocycles. The van der Waals surface area contributed by atoms with E-state index in [0.717, 1.165) is 40.2 Å². The fourth-order valence-electron chi connectivity index (χ4n) is 4.03. The molecule has 154 valence electrons. The number of hydrogen-bond acceptors (Lipinski definition) is 4. The highest BCUT2D eigenvalue weighted by Gasteiger charge is 2.20. The van der Waals surface area contributed by atoms with Gasteiger partial charge in [0.1, 0.15) is 11.5 Å². The van der Waals surface area contributed by atoms with Crippen LogP contribution in [0.15, 0.2) is 66.7 Å². The van der Waals surface area contributed by atoms with Crippen LogP contribution in [-0.4, -0.2) is 54.2 Å². The fourth-order valence-corrected chi connectivity index (χ4v) is 4.03. The Kier molecular flexibility index (Phi) is 5.62. The SMILES string of the molecule is CN(C)CCN(C)Cc1cc2ccccc2c(-c2c(O)ccc3ccccc23)c1O. The third-order valence-corrected chi connectivity index (χ3v) is 5.63. The summed E-state index contributed by atoms with van der Waals surface area (Å²) in [6.07, 6.45) is 0. The normalized spacial score (nSPS) is 11.8. The van der Waals surface area contributed by atoms with Gasteiger partial charge >= 0.3 is 0 Å². The van der Waals surface area contributed by atoms with Gasteiger partial charge in [-0.25, -0.2) is 0 Å². The average Bonchev–Trinajstić information content (AvgIpc) is 2.74. The monoisotopic (exact) mass is 400 g/mol. The number of fused-ring (bicyclic) bond motifs is 2. The van der Waals surface area contributed by atoms with Gasteiger partial charge in [0.15, 0.2) is 0 Å². The first kappa shape index (κ1) is 20.2. The van der Waals surface area contributed by atoms with Crippen molar-refractivity contribution < 1.29 is 10.2 Å². The number of hydrogen-bond donors (Lipinski definition) is 2. The summed E-state index contributed by atoms with van der Waals surface area (Å²) < 4.78 is 0. The molecule has 0 aliphatic rings. The van der Waals surface area contributed by atoms with Crippen LogP contribution in [0.25, 0.3) is 32.7 Å². The molecule has 0 aliphatic heterocycles. The zero-order valence-electron chi connectivity index (χ0n) is 17.8. The van der Waals surface area contributed by atoms with Gasteiger partial charge in [0, 0.05) is 36.3 Å². The van der Waals surface area contributed by atoms with Crippen LogP contribution in [0, 0.1) is 0 Å². The number of benzene rings is 4. The quantitative estimate of drug-likeness (QED) is 0.475. The first-order chi connectivity index (χ1) is 14.5. The fraction of sp³-hybridized carbons (Fsp3) is 0.231. The Bertz CT molecular complexity index is 1200. The maximum atomic E-state index is 11.4. The summed E-state index contributed by atoms with van der Waals surface area (Å²) in [5, 5.41) is 26.2. The molecule has 0 aromatic heterocycles. The van der Waals surface area contributed by atoms with Gasteiger partial charge in [0.25, 0.3) is 0 Å². The molecule has 0 fully saturated rings. The maximum Gasteiger partial charge on any atom is 0.128 e. The van der Waals surface area contributed by atoms with Crippen LogP contribution >= 0.6 is 0 Å². The smallest absolute Gasteiger partial charge is 0.128 e. The van der Waals surface area contributed by atoms with Gasteiger partial charge in [-0.1, -0.05) is 54.6 Å². The van der Waals surface area contributed by atoms with Crippen molar-refractivity contribution in [3.63, 3.8) is 0 Å². The maximum absolute atomic E-state index is 11.4. The van der Waals surface area contributed by atoms with E-state index in [2.05, 4.69) is 43.1 Å². The molecule has 0 bridgehead atoms. The van der Waals surface area contributed by atoms with Crippen LogP contribution in [0.2, 0.25) is 0 Å². The van der Waals surface area contributed by atoms with Crippen molar-refractivity contribution in [3.05, 3.63) is 72.3 Å². The summed E-state index contributed by atoms with van der Waals surface area (Å²) in [6.45, 7) is 2.47. The third-order valence-electron chi connectivity index (χ3n) is 5.63. The Balaban J connectivity index is 1.92. The first-order valence-electron chi connectivity index (χ1n) is 10.2. The van der Waals surface area contributed by atoms with Crippen molar-refractivity contribution in [2.75, 3.05) is 34.2 Å². The molecule has 4 aromatic carbocycles. The predicted molar refractivity (Wildman–Crippen MR) is 125 cm³/mol. The van der Waals surface area contributed by atoms with Gasteiger partial charge in [0.2, 0.25) is 0 Å². The summed E-state index contributed by atoms with van der Waals surface area (Å²) >= 11 is 0. The van der Waals surface area contributed by atoms with Crippen molar-refractivity contribution in [1.29, 1.82) is 0 Å². The standard InChI is InChI=1S/C26H28N2O2/c1-27(2)14-15-28(3)17-20-16-19-9-5-7-11-22(19)25(26(20)30)24-21-10-6-4-8-18(21)12-13-23(24)29/h4-13,16,29-30H,14-15,17H2,1-3H3. The van der Waals surface area contributed by atoms with Crippen LogP contribution in [0.3, 0.4) is 0 Å². The van der Waals surface area contributed by atoms with Gasteiger partial charge in [-0.3, -0.25) is 0 Å². The van der Waals surface area contributed by atoms with Crippen LogP contribution < -0.4 is 0 Å². The number of phenols is 2. The molecular weight excluding hydrogens is 372 g/mol. The minimum atomic E-state index is 0.173. The lowest BCUT2D eigenvalue weighted by atomic mass is 9.90. The van der Waals surface area contributed by atoms with E-state index in [1.54, 1.807) is 6.07 Å². The molecule has 0 atom stereocenters. The molecule has 0 radical (unpaired) electrons. The topological polar surface area (TPSA) is 46.9 Å². The van der Waals surface area contributed by atoms with E-state index >= 15 is 0 Å². The lowest BCUT2D eigenvalue weighted by molar-refractivity contribution is 0.273. The van der Waals surface area contributed by atoms with Crippen molar-refractivity contribution in [2.24, 2.45) is 0 Å². The average molecular weight is 401 g/mol. The number of likely N-dealkylation sites (N-methyl/N-ethyl adjacent to an activating group) is 2. The lowest BCUT2D eigenvalue weighted by Crippen LogP contribution is -2.28. The van der Waals surface area contributed by atoms with E-state index in [1.165, 1.54) is 0 Å². The molecule has 0 amide bonds. The number of aromatic hydroxyl groups is 2. The van der Waals surface area contributed by atoms with Crippen molar-refractivity contribution >= 4 is 21.5 Å². The Labute approximate surface area is 177 Å². The minimum Gasteiger partial charge on any atom is -0.507 e. The highest BCUT2D eigenvalue weighted by molar-refractivity contribution is 6.10. The molecular formula is C26H28N2O2. The zero-order chi connectivity index (χ0) is 21.3. The van der Waals surface area contributed by atoms with Gasteiger partial charge < -0.3 is 20.0 Å². The van der Waals surface area contributed by atoms with E-state index in [0.29, 0.717) is 17.7 Å². The Morgan fingerprint density at radius 1 is 0.700 bits per heavy atom. The molecule has 0 aliphatic carbocycles. The van der Waals surface area contributed by atoms with Crippen molar-refractivity contribution in [3.8, 4) is 22.6 Å².